The van der Waals surface area contributed by atoms with Gasteiger partial charge in [0.15, 0.2) is 0 Å². The highest BCUT2D eigenvalue weighted by molar-refractivity contribution is 5.38. The van der Waals surface area contributed by atoms with Crippen molar-refractivity contribution >= 4 is 0 Å². The Morgan fingerprint density at radius 1 is 0.793 bits per heavy atom. The lowest BCUT2D eigenvalue weighted by Gasteiger charge is -2.39. The van der Waals surface area contributed by atoms with Gasteiger partial charge in [-0.15, -0.1) is 0 Å². The molecule has 2 aliphatic carbocycles. The van der Waals surface area contributed by atoms with Crippen molar-refractivity contribution in [2.75, 3.05) is 0 Å². The maximum atomic E-state index is 2.68. The zero-order valence-electron chi connectivity index (χ0n) is 19.7. The summed E-state index contributed by atoms with van der Waals surface area (Å²) in [5, 5.41) is 0. The van der Waals surface area contributed by atoms with Crippen LogP contribution in [0, 0.1) is 5.92 Å². The summed E-state index contributed by atoms with van der Waals surface area (Å²) in [7, 11) is 0. The molecule has 0 nitrogen and oxygen atoms in total. The first-order valence-electron chi connectivity index (χ1n) is 13.4. The lowest BCUT2D eigenvalue weighted by atomic mass is 9.65. The molecule has 0 bridgehead atoms. The van der Waals surface area contributed by atoms with Crippen molar-refractivity contribution in [1.29, 1.82) is 0 Å². The molecule has 1 fully saturated rings. The van der Waals surface area contributed by atoms with Crippen LogP contribution < -0.4 is 0 Å². The summed E-state index contributed by atoms with van der Waals surface area (Å²) in [6.45, 7) is 4.65. The lowest BCUT2D eigenvalue weighted by Crippen LogP contribution is -2.29. The Bertz CT molecular complexity index is 578. The van der Waals surface area contributed by atoms with E-state index < -0.39 is 0 Å². The number of aryl methyl sites for hydroxylation is 1. The van der Waals surface area contributed by atoms with Crippen LogP contribution in [0.15, 0.2) is 18.2 Å². The summed E-state index contributed by atoms with van der Waals surface area (Å²) in [5.41, 5.74) is 5.63. The van der Waals surface area contributed by atoms with Gasteiger partial charge in [0.1, 0.15) is 0 Å². The maximum absolute atomic E-state index is 2.68. The molecule has 164 valence electrons. The molecule has 3 rings (SSSR count). The Morgan fingerprint density at radius 3 is 2.28 bits per heavy atom. The number of fused-ring (bicyclic) bond motifs is 1. The molecule has 0 radical (unpaired) electrons. The summed E-state index contributed by atoms with van der Waals surface area (Å²) >= 11 is 0. The standard InChI is InChI=1S/C29H48/c1-3-5-7-9-11-15-25-16-17-27-24-28(19-18-26(27)23-25)29(20-12-8-6-4-2)21-13-10-14-22-29/h18-19,24-25H,3-17,20-23H2,1-2H3. The predicted molar refractivity (Wildman–Crippen MR) is 129 cm³/mol. The van der Waals surface area contributed by atoms with Gasteiger partial charge >= 0.3 is 0 Å². The van der Waals surface area contributed by atoms with Crippen LogP contribution in [0.4, 0.5) is 0 Å². The second-order valence-corrected chi connectivity index (χ2v) is 10.4. The van der Waals surface area contributed by atoms with Crippen LogP contribution >= 0.6 is 0 Å². The number of hydrogen-bond donors (Lipinski definition) is 0. The van der Waals surface area contributed by atoms with Crippen molar-refractivity contribution in [3.63, 3.8) is 0 Å². The van der Waals surface area contributed by atoms with Crippen molar-refractivity contribution in [2.24, 2.45) is 5.92 Å². The number of hydrogen-bond acceptors (Lipinski definition) is 0. The van der Waals surface area contributed by atoms with Gasteiger partial charge in [-0.2, -0.15) is 0 Å². The molecule has 29 heavy (non-hydrogen) atoms. The second kappa shape index (κ2) is 12.2. The fourth-order valence-electron chi connectivity index (χ4n) is 6.25. The fraction of sp³-hybridized carbons (Fsp3) is 0.793. The molecule has 0 aliphatic heterocycles. The van der Waals surface area contributed by atoms with Crippen molar-refractivity contribution in [3.8, 4) is 0 Å². The summed E-state index contributed by atoms with van der Waals surface area (Å²) in [4.78, 5) is 0. The van der Waals surface area contributed by atoms with Crippen LogP contribution in [0.25, 0.3) is 0 Å². The first-order valence-corrected chi connectivity index (χ1v) is 13.4. The zero-order valence-corrected chi connectivity index (χ0v) is 19.7. The predicted octanol–water partition coefficient (Wildman–Crippen LogP) is 9.32. The largest absolute Gasteiger partial charge is 0.0654 e. The Kier molecular flexibility index (Phi) is 9.60. The molecule has 0 N–H and O–H groups in total. The highest BCUT2D eigenvalue weighted by Crippen LogP contribution is 2.44. The Hall–Kier alpha value is -0.780. The average Bonchev–Trinajstić information content (AvgIpc) is 2.77. The van der Waals surface area contributed by atoms with E-state index in [-0.39, 0.29) is 0 Å². The SMILES string of the molecule is CCCCCCCC1CCc2cc(C3(CCCCCC)CCCCC3)ccc2C1. The van der Waals surface area contributed by atoms with Gasteiger partial charge in [0.05, 0.1) is 0 Å². The van der Waals surface area contributed by atoms with Crippen LogP contribution in [-0.4, -0.2) is 0 Å². The Balaban J connectivity index is 1.60. The van der Waals surface area contributed by atoms with Gasteiger partial charge in [-0.1, -0.05) is 116 Å². The van der Waals surface area contributed by atoms with E-state index in [1.165, 1.54) is 122 Å². The molecule has 0 saturated heterocycles. The van der Waals surface area contributed by atoms with Gasteiger partial charge in [-0.25, -0.2) is 0 Å². The van der Waals surface area contributed by atoms with Crippen molar-refractivity contribution in [2.45, 2.75) is 141 Å². The number of benzene rings is 1. The van der Waals surface area contributed by atoms with E-state index in [4.69, 9.17) is 0 Å². The van der Waals surface area contributed by atoms with Gasteiger partial charge in [-0.05, 0) is 66.5 Å². The van der Waals surface area contributed by atoms with Crippen LogP contribution in [0.5, 0.6) is 0 Å². The Labute approximate surface area is 182 Å². The molecule has 0 aromatic heterocycles. The van der Waals surface area contributed by atoms with E-state index in [0.29, 0.717) is 5.41 Å². The fourth-order valence-corrected chi connectivity index (χ4v) is 6.25. The molecule has 1 atom stereocenters. The van der Waals surface area contributed by atoms with Crippen LogP contribution in [0.2, 0.25) is 0 Å². The molecule has 1 saturated carbocycles. The van der Waals surface area contributed by atoms with Crippen molar-refractivity contribution in [3.05, 3.63) is 34.9 Å². The van der Waals surface area contributed by atoms with Gasteiger partial charge in [0.2, 0.25) is 0 Å². The van der Waals surface area contributed by atoms with Gasteiger partial charge in [0.25, 0.3) is 0 Å². The van der Waals surface area contributed by atoms with E-state index in [1.807, 2.05) is 0 Å². The van der Waals surface area contributed by atoms with E-state index in [9.17, 15) is 0 Å². The number of unbranched alkanes of at least 4 members (excludes halogenated alkanes) is 7. The van der Waals surface area contributed by atoms with E-state index in [1.54, 1.807) is 16.7 Å². The van der Waals surface area contributed by atoms with Crippen LogP contribution in [0.1, 0.15) is 140 Å². The first-order chi connectivity index (χ1) is 14.3. The van der Waals surface area contributed by atoms with Crippen LogP contribution in [0.3, 0.4) is 0 Å². The molecule has 0 spiro atoms. The minimum atomic E-state index is 0.511. The summed E-state index contributed by atoms with van der Waals surface area (Å²) in [5.74, 6) is 0.952. The van der Waals surface area contributed by atoms with E-state index in [2.05, 4.69) is 32.0 Å². The highest BCUT2D eigenvalue weighted by atomic mass is 14.4. The molecule has 1 unspecified atom stereocenters. The minimum absolute atomic E-state index is 0.511. The molecule has 1 aromatic carbocycles. The highest BCUT2D eigenvalue weighted by Gasteiger charge is 2.34. The third-order valence-electron chi connectivity index (χ3n) is 8.18. The normalized spacial score (nSPS) is 21.1. The topological polar surface area (TPSA) is 0 Å². The van der Waals surface area contributed by atoms with Gasteiger partial charge < -0.3 is 0 Å². The molecular weight excluding hydrogens is 348 g/mol. The van der Waals surface area contributed by atoms with E-state index in [0.717, 1.165) is 5.92 Å². The molecule has 1 aromatic rings. The quantitative estimate of drug-likeness (QED) is 0.309. The summed E-state index contributed by atoms with van der Waals surface area (Å²) in [6, 6.07) is 7.79. The summed E-state index contributed by atoms with van der Waals surface area (Å²) < 4.78 is 0. The van der Waals surface area contributed by atoms with Crippen molar-refractivity contribution < 1.29 is 0 Å². The summed E-state index contributed by atoms with van der Waals surface area (Å²) in [6.07, 6.45) is 27.1. The smallest absolute Gasteiger partial charge is 0.00469 e. The molecule has 0 heteroatoms. The van der Waals surface area contributed by atoms with E-state index >= 15 is 0 Å². The third kappa shape index (κ3) is 6.60. The third-order valence-corrected chi connectivity index (χ3v) is 8.18. The second-order valence-electron chi connectivity index (χ2n) is 10.4. The molecule has 0 heterocycles. The molecule has 2 aliphatic rings. The van der Waals surface area contributed by atoms with Gasteiger partial charge in [-0.3, -0.25) is 0 Å². The molecular formula is C29H48. The first kappa shape index (κ1) is 22.9. The average molecular weight is 397 g/mol. The van der Waals surface area contributed by atoms with Crippen LogP contribution in [-0.2, 0) is 18.3 Å². The van der Waals surface area contributed by atoms with Gasteiger partial charge in [0, 0.05) is 0 Å². The minimum Gasteiger partial charge on any atom is -0.0654 e. The maximum Gasteiger partial charge on any atom is -0.00469 e. The molecule has 0 amide bonds. The monoisotopic (exact) mass is 396 g/mol. The zero-order chi connectivity index (χ0) is 20.4. The Morgan fingerprint density at radius 2 is 1.52 bits per heavy atom. The number of rotatable bonds is 12. The van der Waals surface area contributed by atoms with Crippen molar-refractivity contribution in [1.82, 2.24) is 0 Å². The lowest BCUT2D eigenvalue weighted by molar-refractivity contribution is 0.265.